The summed E-state index contributed by atoms with van der Waals surface area (Å²) in [5.41, 5.74) is 2.45. The summed E-state index contributed by atoms with van der Waals surface area (Å²) in [5, 5.41) is 5.98. The molecule has 2 saturated heterocycles. The zero-order valence-electron chi connectivity index (χ0n) is 17.7. The van der Waals surface area contributed by atoms with Gasteiger partial charge in [0.25, 0.3) is 0 Å². The lowest BCUT2D eigenvalue weighted by Gasteiger charge is -2.38. The van der Waals surface area contributed by atoms with Gasteiger partial charge < -0.3 is 20.3 Å². The number of hydrogen-bond acceptors (Lipinski definition) is 4. The van der Waals surface area contributed by atoms with E-state index in [9.17, 15) is 14.4 Å². The highest BCUT2D eigenvalue weighted by molar-refractivity contribution is 5.93. The Morgan fingerprint density at radius 3 is 2.77 bits per heavy atom. The molecule has 3 amide bonds. The van der Waals surface area contributed by atoms with Gasteiger partial charge in [-0.15, -0.1) is 0 Å². The SMILES string of the molecule is CC[C@@H](C)C(=O)N[C@H]1CO[C@H]2CCC(C(=O)NC3CCCc4ccccc43)N2C1=O. The Balaban J connectivity index is 1.44. The molecule has 0 saturated carbocycles. The van der Waals surface area contributed by atoms with Gasteiger partial charge in [-0.2, -0.15) is 0 Å². The molecule has 30 heavy (non-hydrogen) atoms. The monoisotopic (exact) mass is 413 g/mol. The second kappa shape index (κ2) is 8.76. The topological polar surface area (TPSA) is 87.7 Å². The minimum absolute atomic E-state index is 0.0248. The van der Waals surface area contributed by atoms with E-state index in [0.717, 1.165) is 19.3 Å². The van der Waals surface area contributed by atoms with Crippen LogP contribution in [0.4, 0.5) is 0 Å². The van der Waals surface area contributed by atoms with Gasteiger partial charge in [-0.3, -0.25) is 14.4 Å². The van der Waals surface area contributed by atoms with Crippen LogP contribution in [-0.2, 0) is 25.5 Å². The van der Waals surface area contributed by atoms with Crippen LogP contribution in [0.15, 0.2) is 24.3 Å². The van der Waals surface area contributed by atoms with Crippen molar-refractivity contribution in [2.75, 3.05) is 6.61 Å². The van der Waals surface area contributed by atoms with Crippen LogP contribution in [0.5, 0.6) is 0 Å². The van der Waals surface area contributed by atoms with Crippen molar-refractivity contribution in [2.45, 2.75) is 76.7 Å². The van der Waals surface area contributed by atoms with Gasteiger partial charge in [-0.1, -0.05) is 38.1 Å². The number of amides is 3. The lowest BCUT2D eigenvalue weighted by atomic mass is 9.87. The number of nitrogens with zero attached hydrogens (tertiary/aromatic N) is 1. The fourth-order valence-corrected chi connectivity index (χ4v) is 4.73. The first-order valence-electron chi connectivity index (χ1n) is 11.1. The standard InChI is InChI=1S/C23H31N3O4/c1-3-14(2)21(27)25-18-13-30-20-12-11-19(26(20)23(18)29)22(28)24-17-10-6-8-15-7-4-5-9-16(15)17/h4-5,7,9,14,17-20H,3,6,8,10-13H2,1-2H3,(H,24,28)(H,25,27)/t14-,17?,18+,19?,20+/m1/s1. The van der Waals surface area contributed by atoms with Gasteiger partial charge in [0.15, 0.2) is 0 Å². The Bertz CT molecular complexity index is 826. The molecule has 1 aliphatic carbocycles. The Kier molecular flexibility index (Phi) is 6.09. The van der Waals surface area contributed by atoms with Crippen molar-refractivity contribution >= 4 is 17.7 Å². The van der Waals surface area contributed by atoms with E-state index in [1.165, 1.54) is 11.1 Å². The number of rotatable bonds is 5. The molecule has 5 atom stereocenters. The molecule has 3 aliphatic rings. The van der Waals surface area contributed by atoms with E-state index in [1.54, 1.807) is 4.90 Å². The average molecular weight is 414 g/mol. The van der Waals surface area contributed by atoms with Crippen molar-refractivity contribution in [3.05, 3.63) is 35.4 Å². The molecule has 1 aromatic carbocycles. The fraction of sp³-hybridized carbons (Fsp3) is 0.609. The predicted octanol–water partition coefficient (Wildman–Crippen LogP) is 2.06. The van der Waals surface area contributed by atoms with E-state index in [-0.39, 0.29) is 42.5 Å². The van der Waals surface area contributed by atoms with E-state index in [0.29, 0.717) is 19.3 Å². The fourth-order valence-electron chi connectivity index (χ4n) is 4.73. The minimum atomic E-state index is -0.730. The molecule has 7 nitrogen and oxygen atoms in total. The highest BCUT2D eigenvalue weighted by Gasteiger charge is 2.47. The Morgan fingerprint density at radius 1 is 1.17 bits per heavy atom. The van der Waals surface area contributed by atoms with Crippen LogP contribution >= 0.6 is 0 Å². The summed E-state index contributed by atoms with van der Waals surface area (Å²) in [6.45, 7) is 3.93. The molecular weight excluding hydrogens is 382 g/mol. The van der Waals surface area contributed by atoms with Crippen molar-refractivity contribution < 1.29 is 19.1 Å². The summed E-state index contributed by atoms with van der Waals surface area (Å²) in [5.74, 6) is -0.675. The summed E-state index contributed by atoms with van der Waals surface area (Å²) in [6, 6.07) is 6.91. The molecule has 2 fully saturated rings. The second-order valence-electron chi connectivity index (χ2n) is 8.65. The van der Waals surface area contributed by atoms with Crippen LogP contribution in [0.1, 0.15) is 63.1 Å². The van der Waals surface area contributed by atoms with Gasteiger partial charge >= 0.3 is 0 Å². The van der Waals surface area contributed by atoms with Crippen molar-refractivity contribution in [3.8, 4) is 0 Å². The first-order valence-corrected chi connectivity index (χ1v) is 11.1. The van der Waals surface area contributed by atoms with Crippen LogP contribution in [-0.4, -0.2) is 47.5 Å². The van der Waals surface area contributed by atoms with Gasteiger partial charge in [0, 0.05) is 5.92 Å². The molecule has 2 heterocycles. The zero-order valence-corrected chi connectivity index (χ0v) is 17.7. The number of benzene rings is 1. The van der Waals surface area contributed by atoms with Crippen LogP contribution in [0.2, 0.25) is 0 Å². The van der Waals surface area contributed by atoms with Crippen molar-refractivity contribution in [3.63, 3.8) is 0 Å². The quantitative estimate of drug-likeness (QED) is 0.774. The summed E-state index contributed by atoms with van der Waals surface area (Å²) in [7, 11) is 0. The molecular formula is C23H31N3O4. The molecule has 0 spiro atoms. The van der Waals surface area contributed by atoms with E-state index in [1.807, 2.05) is 26.0 Å². The largest absolute Gasteiger partial charge is 0.356 e. The van der Waals surface area contributed by atoms with Gasteiger partial charge in [0.1, 0.15) is 18.3 Å². The number of fused-ring (bicyclic) bond motifs is 2. The first kappa shape index (κ1) is 20.8. The van der Waals surface area contributed by atoms with E-state index >= 15 is 0 Å². The maximum atomic E-state index is 13.2. The molecule has 0 radical (unpaired) electrons. The number of aryl methyl sites for hydroxylation is 1. The number of nitrogens with one attached hydrogen (secondary N) is 2. The Hall–Kier alpha value is -2.41. The molecule has 2 N–H and O–H groups in total. The van der Waals surface area contributed by atoms with Gasteiger partial charge in [0.05, 0.1) is 12.6 Å². The van der Waals surface area contributed by atoms with E-state index in [2.05, 4.69) is 22.8 Å². The molecule has 7 heteroatoms. The van der Waals surface area contributed by atoms with Crippen LogP contribution in [0, 0.1) is 5.92 Å². The summed E-state index contributed by atoms with van der Waals surface area (Å²) in [6.07, 6.45) is 4.49. The third kappa shape index (κ3) is 3.95. The Morgan fingerprint density at radius 2 is 1.97 bits per heavy atom. The lowest BCUT2D eigenvalue weighted by Crippen LogP contribution is -2.61. The van der Waals surface area contributed by atoms with Gasteiger partial charge in [-0.25, -0.2) is 0 Å². The van der Waals surface area contributed by atoms with E-state index in [4.69, 9.17) is 4.74 Å². The van der Waals surface area contributed by atoms with Crippen molar-refractivity contribution in [1.82, 2.24) is 15.5 Å². The third-order valence-electron chi connectivity index (χ3n) is 6.71. The first-order chi connectivity index (χ1) is 14.5. The molecule has 0 bridgehead atoms. The van der Waals surface area contributed by atoms with Crippen molar-refractivity contribution in [2.24, 2.45) is 5.92 Å². The van der Waals surface area contributed by atoms with Crippen LogP contribution < -0.4 is 10.6 Å². The maximum Gasteiger partial charge on any atom is 0.250 e. The second-order valence-corrected chi connectivity index (χ2v) is 8.65. The molecule has 162 valence electrons. The van der Waals surface area contributed by atoms with Gasteiger partial charge in [-0.05, 0) is 49.7 Å². The summed E-state index contributed by atoms with van der Waals surface area (Å²) >= 11 is 0. The number of carbonyl (C=O) groups excluding carboxylic acids is 3. The lowest BCUT2D eigenvalue weighted by molar-refractivity contribution is -0.167. The molecule has 0 aromatic heterocycles. The zero-order chi connectivity index (χ0) is 21.3. The minimum Gasteiger partial charge on any atom is -0.356 e. The van der Waals surface area contributed by atoms with Gasteiger partial charge in [0.2, 0.25) is 17.7 Å². The average Bonchev–Trinajstić information content (AvgIpc) is 3.20. The van der Waals surface area contributed by atoms with Crippen molar-refractivity contribution in [1.29, 1.82) is 0 Å². The molecule has 2 aliphatic heterocycles. The molecule has 2 unspecified atom stereocenters. The summed E-state index contributed by atoms with van der Waals surface area (Å²) in [4.78, 5) is 40.1. The number of hydrogen-bond donors (Lipinski definition) is 2. The van der Waals surface area contributed by atoms with E-state index < -0.39 is 12.1 Å². The van der Waals surface area contributed by atoms with Crippen LogP contribution in [0.25, 0.3) is 0 Å². The molecule has 4 rings (SSSR count). The predicted molar refractivity (Wildman–Crippen MR) is 111 cm³/mol. The summed E-state index contributed by atoms with van der Waals surface area (Å²) < 4.78 is 5.84. The number of carbonyl (C=O) groups is 3. The van der Waals surface area contributed by atoms with Crippen LogP contribution in [0.3, 0.4) is 0 Å². The number of ether oxygens (including phenoxy) is 1. The smallest absolute Gasteiger partial charge is 0.250 e. The molecule has 1 aromatic rings. The maximum absolute atomic E-state index is 13.2. The highest BCUT2D eigenvalue weighted by Crippen LogP contribution is 2.32. The normalized spacial score (nSPS) is 29.0. The third-order valence-corrected chi connectivity index (χ3v) is 6.71. The highest BCUT2D eigenvalue weighted by atomic mass is 16.5. The Labute approximate surface area is 177 Å².